The quantitative estimate of drug-likeness (QED) is 0.577. The minimum Gasteiger partial charge on any atom is -0.484 e. The molecule has 0 aliphatic carbocycles. The average molecular weight is 403 g/mol. The van der Waals surface area contributed by atoms with Gasteiger partial charge in [-0.05, 0) is 30.3 Å². The Hall–Kier alpha value is -3.39. The van der Waals surface area contributed by atoms with E-state index in [4.69, 9.17) is 20.9 Å². The maximum Gasteiger partial charge on any atom is 0.338 e. The summed E-state index contributed by atoms with van der Waals surface area (Å²) in [6, 6.07) is 11.2. The molecule has 0 saturated heterocycles. The van der Waals surface area contributed by atoms with Gasteiger partial charge in [-0.2, -0.15) is 4.98 Å². The van der Waals surface area contributed by atoms with Gasteiger partial charge in [-0.15, -0.1) is 0 Å². The maximum absolute atomic E-state index is 11.8. The van der Waals surface area contributed by atoms with Crippen LogP contribution in [-0.2, 0) is 16.1 Å². The highest BCUT2D eigenvalue weighted by Crippen LogP contribution is 2.22. The van der Waals surface area contributed by atoms with Gasteiger partial charge in [0.1, 0.15) is 5.75 Å². The Morgan fingerprint density at radius 2 is 1.71 bits per heavy atom. The summed E-state index contributed by atoms with van der Waals surface area (Å²) < 4.78 is 20.1. The summed E-state index contributed by atoms with van der Waals surface area (Å²) in [7, 11) is 2.48. The van der Waals surface area contributed by atoms with Gasteiger partial charge < -0.3 is 18.7 Å². The lowest BCUT2D eigenvalue weighted by molar-refractivity contribution is 0.0598. The first-order valence-corrected chi connectivity index (χ1v) is 8.41. The van der Waals surface area contributed by atoms with Gasteiger partial charge in [-0.3, -0.25) is 0 Å². The maximum atomic E-state index is 11.8. The zero-order valence-corrected chi connectivity index (χ0v) is 15.7. The second-order valence-electron chi connectivity index (χ2n) is 5.54. The number of halogens is 1. The van der Waals surface area contributed by atoms with Gasteiger partial charge in [0.25, 0.3) is 5.89 Å². The zero-order chi connectivity index (χ0) is 20.1. The number of carbonyl (C=O) groups is 2. The number of methoxy groups -OCH3 is 2. The number of hydrogen-bond acceptors (Lipinski definition) is 8. The lowest BCUT2D eigenvalue weighted by Crippen LogP contribution is -2.08. The number of esters is 2. The molecule has 0 saturated carbocycles. The van der Waals surface area contributed by atoms with Crippen LogP contribution in [0.2, 0.25) is 5.02 Å². The summed E-state index contributed by atoms with van der Waals surface area (Å²) in [5, 5.41) is 4.44. The fourth-order valence-corrected chi connectivity index (χ4v) is 2.55. The van der Waals surface area contributed by atoms with Crippen LogP contribution in [0.25, 0.3) is 11.4 Å². The molecule has 0 aliphatic rings. The van der Waals surface area contributed by atoms with Crippen molar-refractivity contribution in [3.05, 3.63) is 64.5 Å². The molecular formula is C19H15ClN2O6. The number of carbonyl (C=O) groups excluding carboxylic acids is 2. The molecule has 0 bridgehead atoms. The van der Waals surface area contributed by atoms with Crippen molar-refractivity contribution in [2.24, 2.45) is 0 Å². The molecule has 0 N–H and O–H groups in total. The van der Waals surface area contributed by atoms with Crippen LogP contribution in [0.1, 0.15) is 26.6 Å². The van der Waals surface area contributed by atoms with E-state index in [1.54, 1.807) is 24.3 Å². The Morgan fingerprint density at radius 1 is 1.04 bits per heavy atom. The van der Waals surface area contributed by atoms with Crippen molar-refractivity contribution in [2.45, 2.75) is 6.61 Å². The SMILES string of the molecule is COC(=O)c1cc(OCc2nc(-c3cccc(Cl)c3)no2)cc(C(=O)OC)c1. The van der Waals surface area contributed by atoms with E-state index in [-0.39, 0.29) is 29.4 Å². The van der Waals surface area contributed by atoms with Crippen LogP contribution < -0.4 is 4.74 Å². The highest BCUT2D eigenvalue weighted by molar-refractivity contribution is 6.30. The molecule has 144 valence electrons. The van der Waals surface area contributed by atoms with Crippen LogP contribution in [0.5, 0.6) is 5.75 Å². The number of benzene rings is 2. The molecule has 0 atom stereocenters. The number of rotatable bonds is 6. The van der Waals surface area contributed by atoms with Crippen LogP contribution in [0.4, 0.5) is 0 Å². The first-order chi connectivity index (χ1) is 13.5. The van der Waals surface area contributed by atoms with Gasteiger partial charge in [0.15, 0.2) is 6.61 Å². The molecule has 0 fully saturated rings. The summed E-state index contributed by atoms with van der Waals surface area (Å²) in [6.45, 7) is -0.0706. The summed E-state index contributed by atoms with van der Waals surface area (Å²) >= 11 is 5.96. The molecule has 28 heavy (non-hydrogen) atoms. The number of nitrogens with zero attached hydrogens (tertiary/aromatic N) is 2. The third-order valence-corrected chi connectivity index (χ3v) is 3.90. The summed E-state index contributed by atoms with van der Waals surface area (Å²) in [5.74, 6) is -0.420. The number of ether oxygens (including phenoxy) is 3. The zero-order valence-electron chi connectivity index (χ0n) is 15.0. The molecule has 8 nitrogen and oxygen atoms in total. The van der Waals surface area contributed by atoms with E-state index in [0.29, 0.717) is 16.4 Å². The lowest BCUT2D eigenvalue weighted by atomic mass is 10.1. The van der Waals surface area contributed by atoms with Crippen molar-refractivity contribution in [3.63, 3.8) is 0 Å². The molecule has 3 rings (SSSR count). The Bertz CT molecular complexity index is 983. The van der Waals surface area contributed by atoms with Gasteiger partial charge in [-0.25, -0.2) is 9.59 Å². The number of aromatic nitrogens is 2. The van der Waals surface area contributed by atoms with Crippen LogP contribution in [0.3, 0.4) is 0 Å². The molecule has 2 aromatic carbocycles. The van der Waals surface area contributed by atoms with E-state index >= 15 is 0 Å². The first-order valence-electron chi connectivity index (χ1n) is 8.03. The Labute approximate surface area is 165 Å². The van der Waals surface area contributed by atoms with Gasteiger partial charge in [0.2, 0.25) is 5.82 Å². The smallest absolute Gasteiger partial charge is 0.338 e. The molecular weight excluding hydrogens is 388 g/mol. The standard InChI is InChI=1S/C19H15ClN2O6/c1-25-18(23)12-6-13(19(24)26-2)9-15(8-12)27-10-16-21-17(22-28-16)11-4-3-5-14(20)7-11/h3-9H,10H2,1-2H3. The van der Waals surface area contributed by atoms with Crippen molar-refractivity contribution in [2.75, 3.05) is 14.2 Å². The fraction of sp³-hybridized carbons (Fsp3) is 0.158. The van der Waals surface area contributed by atoms with Crippen LogP contribution in [0.15, 0.2) is 47.0 Å². The van der Waals surface area contributed by atoms with Crippen molar-refractivity contribution in [3.8, 4) is 17.1 Å². The summed E-state index contributed by atoms with van der Waals surface area (Å²) in [5.41, 5.74) is 0.985. The minimum atomic E-state index is -0.614. The second-order valence-corrected chi connectivity index (χ2v) is 5.98. The Morgan fingerprint density at radius 3 is 2.32 bits per heavy atom. The minimum absolute atomic E-state index is 0.0706. The first kappa shape index (κ1) is 19.4. The highest BCUT2D eigenvalue weighted by Gasteiger charge is 2.16. The number of hydrogen-bond donors (Lipinski definition) is 0. The van der Waals surface area contributed by atoms with E-state index in [1.165, 1.54) is 32.4 Å². The predicted octanol–water partition coefficient (Wildman–Crippen LogP) is 3.54. The highest BCUT2D eigenvalue weighted by atomic mass is 35.5. The molecule has 0 amide bonds. The van der Waals surface area contributed by atoms with Crippen molar-refractivity contribution < 1.29 is 28.3 Å². The van der Waals surface area contributed by atoms with E-state index in [2.05, 4.69) is 19.6 Å². The van der Waals surface area contributed by atoms with Crippen molar-refractivity contribution >= 4 is 23.5 Å². The molecule has 0 unspecified atom stereocenters. The topological polar surface area (TPSA) is 101 Å². The van der Waals surface area contributed by atoms with E-state index in [1.807, 2.05) is 0 Å². The third-order valence-electron chi connectivity index (χ3n) is 3.66. The van der Waals surface area contributed by atoms with E-state index in [0.717, 1.165) is 0 Å². The van der Waals surface area contributed by atoms with Gasteiger partial charge in [-0.1, -0.05) is 28.9 Å². The largest absolute Gasteiger partial charge is 0.484 e. The van der Waals surface area contributed by atoms with Crippen LogP contribution >= 0.6 is 11.6 Å². The third kappa shape index (κ3) is 4.47. The van der Waals surface area contributed by atoms with Crippen molar-refractivity contribution in [1.29, 1.82) is 0 Å². The monoisotopic (exact) mass is 402 g/mol. The average Bonchev–Trinajstić information content (AvgIpc) is 3.20. The van der Waals surface area contributed by atoms with Crippen LogP contribution in [0, 0.1) is 0 Å². The molecule has 1 heterocycles. The molecule has 0 aliphatic heterocycles. The normalized spacial score (nSPS) is 10.4. The van der Waals surface area contributed by atoms with Crippen molar-refractivity contribution in [1.82, 2.24) is 10.1 Å². The molecule has 0 spiro atoms. The van der Waals surface area contributed by atoms with Gasteiger partial charge >= 0.3 is 11.9 Å². The second kappa shape index (κ2) is 8.53. The molecule has 1 aromatic heterocycles. The summed E-state index contributed by atoms with van der Waals surface area (Å²) in [4.78, 5) is 27.9. The molecule has 0 radical (unpaired) electrons. The summed E-state index contributed by atoms with van der Waals surface area (Å²) in [6.07, 6.45) is 0. The van der Waals surface area contributed by atoms with Crippen LogP contribution in [-0.4, -0.2) is 36.3 Å². The van der Waals surface area contributed by atoms with E-state index < -0.39 is 11.9 Å². The predicted molar refractivity (Wildman–Crippen MR) is 98.2 cm³/mol. The molecule has 3 aromatic rings. The lowest BCUT2D eigenvalue weighted by Gasteiger charge is -2.08. The molecule has 9 heteroatoms. The fourth-order valence-electron chi connectivity index (χ4n) is 2.36. The Kier molecular flexibility index (Phi) is 5.90. The van der Waals surface area contributed by atoms with Gasteiger partial charge in [0.05, 0.1) is 25.3 Å². The Balaban J connectivity index is 1.78. The van der Waals surface area contributed by atoms with Gasteiger partial charge in [0, 0.05) is 10.6 Å². The van der Waals surface area contributed by atoms with E-state index in [9.17, 15) is 9.59 Å².